The van der Waals surface area contributed by atoms with Crippen molar-refractivity contribution in [2.75, 3.05) is 76.2 Å². The highest BCUT2D eigenvalue weighted by Crippen LogP contribution is 2.28. The Hall–Kier alpha value is -2.85. The Bertz CT molecular complexity index is 1060. The Morgan fingerprint density at radius 1 is 0.973 bits per heavy atom. The lowest BCUT2D eigenvalue weighted by Gasteiger charge is -2.38. The summed E-state index contributed by atoms with van der Waals surface area (Å²) in [7, 11) is 1.69. The third-order valence-electron chi connectivity index (χ3n) is 7.73. The molecule has 1 N–H and O–H groups in total. The number of carbonyl (C=O) groups is 2. The van der Waals surface area contributed by atoms with Crippen molar-refractivity contribution in [2.24, 2.45) is 0 Å². The fourth-order valence-electron chi connectivity index (χ4n) is 5.51. The Morgan fingerprint density at radius 3 is 2.41 bits per heavy atom. The van der Waals surface area contributed by atoms with Gasteiger partial charge in [0.15, 0.2) is 5.13 Å². The molecule has 9 nitrogen and oxygen atoms in total. The number of benzene rings is 1. The van der Waals surface area contributed by atoms with Crippen LogP contribution in [0, 0.1) is 0 Å². The Morgan fingerprint density at radius 2 is 1.68 bits per heavy atom. The molecule has 0 spiro atoms. The van der Waals surface area contributed by atoms with E-state index in [-0.39, 0.29) is 11.8 Å². The van der Waals surface area contributed by atoms with Crippen LogP contribution in [0.5, 0.6) is 5.75 Å². The Labute approximate surface area is 223 Å². The number of carbonyl (C=O) groups excluding carboxylic acids is 2. The van der Waals surface area contributed by atoms with Crippen LogP contribution < -0.4 is 15.0 Å². The SMILES string of the molecule is COc1ccccc1N1CCN(C(=O)CN2CCN(C(=O)c3csc(NC4CCCCC4)n3)CC2)CC1. The monoisotopic (exact) mass is 526 g/mol. The second-order valence-electron chi connectivity index (χ2n) is 10.1. The number of amides is 2. The maximum atomic E-state index is 13.0. The lowest BCUT2D eigenvalue weighted by Crippen LogP contribution is -2.54. The first-order valence-corrected chi connectivity index (χ1v) is 14.4. The van der Waals surface area contributed by atoms with E-state index in [1.165, 1.54) is 43.4 Å². The molecule has 2 amide bonds. The molecular weight excluding hydrogens is 488 g/mol. The molecule has 3 fully saturated rings. The normalized spacial score (nSPS) is 19.6. The van der Waals surface area contributed by atoms with Crippen LogP contribution in [0.3, 0.4) is 0 Å². The van der Waals surface area contributed by atoms with Crippen LogP contribution in [0.15, 0.2) is 29.6 Å². The van der Waals surface area contributed by atoms with E-state index in [1.54, 1.807) is 7.11 Å². The van der Waals surface area contributed by atoms with E-state index >= 15 is 0 Å². The fraction of sp³-hybridized carbons (Fsp3) is 0.593. The molecule has 2 aromatic rings. The lowest BCUT2D eigenvalue weighted by molar-refractivity contribution is -0.133. The molecule has 1 aromatic carbocycles. The highest BCUT2D eigenvalue weighted by atomic mass is 32.1. The lowest BCUT2D eigenvalue weighted by atomic mass is 9.96. The third-order valence-corrected chi connectivity index (χ3v) is 8.51. The van der Waals surface area contributed by atoms with Crippen molar-refractivity contribution in [1.82, 2.24) is 19.7 Å². The number of piperazine rings is 2. The average Bonchev–Trinajstić information content (AvgIpc) is 3.42. The summed E-state index contributed by atoms with van der Waals surface area (Å²) in [4.78, 5) is 38.8. The molecule has 0 unspecified atom stereocenters. The first-order chi connectivity index (χ1) is 18.1. The van der Waals surface area contributed by atoms with Gasteiger partial charge in [0.1, 0.15) is 11.4 Å². The van der Waals surface area contributed by atoms with Gasteiger partial charge in [0, 0.05) is 63.8 Å². The van der Waals surface area contributed by atoms with Crippen molar-refractivity contribution in [2.45, 2.75) is 38.1 Å². The minimum Gasteiger partial charge on any atom is -0.495 e. The summed E-state index contributed by atoms with van der Waals surface area (Å²) in [5.41, 5.74) is 1.61. The second kappa shape index (κ2) is 12.1. The number of para-hydroxylation sites is 2. The molecule has 3 heterocycles. The molecule has 3 aliphatic rings. The molecular formula is C27H38N6O3S. The topological polar surface area (TPSA) is 81.2 Å². The number of aromatic nitrogens is 1. The van der Waals surface area contributed by atoms with Gasteiger partial charge in [-0.25, -0.2) is 4.98 Å². The van der Waals surface area contributed by atoms with Gasteiger partial charge in [0.2, 0.25) is 5.91 Å². The van der Waals surface area contributed by atoms with Crippen molar-refractivity contribution < 1.29 is 14.3 Å². The first kappa shape index (κ1) is 25.8. The van der Waals surface area contributed by atoms with Crippen LogP contribution in [0.4, 0.5) is 10.8 Å². The predicted molar refractivity (Wildman–Crippen MR) is 147 cm³/mol. The summed E-state index contributed by atoms with van der Waals surface area (Å²) in [5.74, 6) is 1.02. The van der Waals surface area contributed by atoms with Gasteiger partial charge >= 0.3 is 0 Å². The molecule has 0 atom stereocenters. The zero-order valence-corrected chi connectivity index (χ0v) is 22.5. The quantitative estimate of drug-likeness (QED) is 0.594. The predicted octanol–water partition coefficient (Wildman–Crippen LogP) is 3.00. The van der Waals surface area contributed by atoms with Gasteiger partial charge in [-0.2, -0.15) is 0 Å². The average molecular weight is 527 g/mol. The number of thiazole rings is 1. The Balaban J connectivity index is 1.05. The van der Waals surface area contributed by atoms with Crippen molar-refractivity contribution in [3.63, 3.8) is 0 Å². The molecule has 2 saturated heterocycles. The van der Waals surface area contributed by atoms with E-state index in [0.717, 1.165) is 29.7 Å². The standard InChI is InChI=1S/C27H38N6O3S/c1-36-24-10-6-5-9-23(24)31-15-17-32(18-16-31)25(34)19-30-11-13-33(14-12-30)26(35)22-20-37-27(29-22)28-21-7-3-2-4-8-21/h5-6,9-10,20-21H,2-4,7-8,11-19H2,1H3,(H,28,29). The van der Waals surface area contributed by atoms with Crippen LogP contribution in [-0.2, 0) is 4.79 Å². The van der Waals surface area contributed by atoms with E-state index in [4.69, 9.17) is 4.74 Å². The minimum atomic E-state index is -0.00798. The molecule has 0 radical (unpaired) electrons. The number of hydrogen-bond donors (Lipinski definition) is 1. The van der Waals surface area contributed by atoms with Gasteiger partial charge in [0.25, 0.3) is 5.91 Å². The number of hydrogen-bond acceptors (Lipinski definition) is 8. The van der Waals surface area contributed by atoms with Crippen molar-refractivity contribution in [3.8, 4) is 5.75 Å². The summed E-state index contributed by atoms with van der Waals surface area (Å²) < 4.78 is 5.50. The van der Waals surface area contributed by atoms with Crippen LogP contribution in [0.25, 0.3) is 0 Å². The van der Waals surface area contributed by atoms with E-state index < -0.39 is 0 Å². The van der Waals surface area contributed by atoms with E-state index in [2.05, 4.69) is 26.2 Å². The van der Waals surface area contributed by atoms with Gasteiger partial charge in [-0.05, 0) is 25.0 Å². The highest BCUT2D eigenvalue weighted by Gasteiger charge is 2.28. The van der Waals surface area contributed by atoms with E-state index in [9.17, 15) is 9.59 Å². The third kappa shape index (κ3) is 6.35. The maximum Gasteiger partial charge on any atom is 0.273 e. The summed E-state index contributed by atoms with van der Waals surface area (Å²) in [6.45, 7) is 6.05. The zero-order chi connectivity index (χ0) is 25.6. The number of methoxy groups -OCH3 is 1. The molecule has 1 aliphatic carbocycles. The summed E-state index contributed by atoms with van der Waals surface area (Å²) >= 11 is 1.52. The van der Waals surface area contributed by atoms with Gasteiger partial charge in [-0.3, -0.25) is 14.5 Å². The van der Waals surface area contributed by atoms with Crippen LogP contribution in [-0.4, -0.2) is 104 Å². The number of rotatable bonds is 7. The number of nitrogens with one attached hydrogen (secondary N) is 1. The molecule has 2 aliphatic heterocycles. The molecule has 200 valence electrons. The van der Waals surface area contributed by atoms with Gasteiger partial charge in [-0.15, -0.1) is 11.3 Å². The van der Waals surface area contributed by atoms with Gasteiger partial charge in [-0.1, -0.05) is 31.4 Å². The molecule has 5 rings (SSSR count). The van der Waals surface area contributed by atoms with Crippen LogP contribution in [0.1, 0.15) is 42.6 Å². The first-order valence-electron chi connectivity index (χ1n) is 13.5. The molecule has 1 saturated carbocycles. The van der Waals surface area contributed by atoms with Gasteiger partial charge < -0.3 is 24.8 Å². The van der Waals surface area contributed by atoms with Crippen LogP contribution >= 0.6 is 11.3 Å². The fourth-order valence-corrected chi connectivity index (χ4v) is 6.27. The zero-order valence-electron chi connectivity index (χ0n) is 21.7. The number of ether oxygens (including phenoxy) is 1. The molecule has 37 heavy (non-hydrogen) atoms. The largest absolute Gasteiger partial charge is 0.495 e. The molecule has 10 heteroatoms. The van der Waals surface area contributed by atoms with Gasteiger partial charge in [0.05, 0.1) is 19.3 Å². The Kier molecular flexibility index (Phi) is 8.45. The van der Waals surface area contributed by atoms with Crippen LogP contribution in [0.2, 0.25) is 0 Å². The highest BCUT2D eigenvalue weighted by molar-refractivity contribution is 7.13. The minimum absolute atomic E-state index is 0.00798. The molecule has 0 bridgehead atoms. The summed E-state index contributed by atoms with van der Waals surface area (Å²) in [6.07, 6.45) is 6.21. The summed E-state index contributed by atoms with van der Waals surface area (Å²) in [6, 6.07) is 8.50. The van der Waals surface area contributed by atoms with Crippen molar-refractivity contribution in [3.05, 3.63) is 35.3 Å². The smallest absolute Gasteiger partial charge is 0.273 e. The van der Waals surface area contributed by atoms with E-state index in [1.807, 2.05) is 33.4 Å². The number of nitrogens with zero attached hydrogens (tertiary/aromatic N) is 5. The van der Waals surface area contributed by atoms with Crippen molar-refractivity contribution >= 4 is 34.0 Å². The number of anilines is 2. The van der Waals surface area contributed by atoms with E-state index in [0.29, 0.717) is 57.5 Å². The molecule has 1 aromatic heterocycles. The summed E-state index contributed by atoms with van der Waals surface area (Å²) in [5, 5.41) is 6.23. The van der Waals surface area contributed by atoms with Crippen molar-refractivity contribution in [1.29, 1.82) is 0 Å². The maximum absolute atomic E-state index is 13.0. The second-order valence-corrected chi connectivity index (χ2v) is 11.0.